The van der Waals surface area contributed by atoms with Gasteiger partial charge in [0, 0.05) is 31.7 Å². The molecule has 0 atom stereocenters. The number of ether oxygens (including phenoxy) is 1. The van der Waals surface area contributed by atoms with Gasteiger partial charge in [-0.2, -0.15) is 18.2 Å². The van der Waals surface area contributed by atoms with E-state index in [1.807, 2.05) is 4.90 Å². The third-order valence-corrected chi connectivity index (χ3v) is 6.56. The molecule has 1 aromatic carbocycles. The molecule has 3 N–H and O–H groups in total. The number of pyridine rings is 1. The lowest BCUT2D eigenvalue weighted by molar-refractivity contribution is -0.136. The first-order chi connectivity index (χ1) is 16.3. The van der Waals surface area contributed by atoms with Crippen molar-refractivity contribution in [1.29, 1.82) is 0 Å². The van der Waals surface area contributed by atoms with Crippen LogP contribution in [0.25, 0.3) is 31.7 Å². The summed E-state index contributed by atoms with van der Waals surface area (Å²) in [4.78, 5) is 15.5. The average Bonchev–Trinajstić information content (AvgIpc) is 3.19. The number of alkyl halides is 3. The molecular formula is C22H20F3N5O3S. The Balaban J connectivity index is 1.79. The molecule has 0 spiro atoms. The fraction of sp³-hybridized carbons (Fsp3) is 0.318. The van der Waals surface area contributed by atoms with E-state index < -0.39 is 17.5 Å². The number of phenolic OH excluding ortho intramolecular Hbond substituents is 2. The highest BCUT2D eigenvalue weighted by molar-refractivity contribution is 7.25. The quantitative estimate of drug-likeness (QED) is 0.366. The second-order valence-electron chi connectivity index (χ2n) is 7.72. The van der Waals surface area contributed by atoms with Gasteiger partial charge in [0.2, 0.25) is 11.8 Å². The molecule has 1 aliphatic heterocycles. The van der Waals surface area contributed by atoms with Crippen molar-refractivity contribution in [3.8, 4) is 28.6 Å². The van der Waals surface area contributed by atoms with Crippen LogP contribution >= 0.6 is 11.3 Å². The summed E-state index contributed by atoms with van der Waals surface area (Å²) in [6, 6.07) is 4.70. The highest BCUT2D eigenvalue weighted by atomic mass is 32.1. The molecule has 5 rings (SSSR count). The van der Waals surface area contributed by atoms with E-state index in [4.69, 9.17) is 4.74 Å². The summed E-state index contributed by atoms with van der Waals surface area (Å²) in [7, 11) is 0. The first-order valence-corrected chi connectivity index (χ1v) is 11.4. The lowest BCUT2D eigenvalue weighted by atomic mass is 10.1. The molecule has 0 unspecified atom stereocenters. The number of nitrogens with one attached hydrogen (secondary N) is 1. The Morgan fingerprint density at radius 1 is 1.09 bits per heavy atom. The normalized spacial score (nSPS) is 14.8. The van der Waals surface area contributed by atoms with Crippen LogP contribution < -0.4 is 15.0 Å². The summed E-state index contributed by atoms with van der Waals surface area (Å²) in [5.41, 5.74) is -0.502. The first-order valence-electron chi connectivity index (χ1n) is 10.6. The van der Waals surface area contributed by atoms with Crippen molar-refractivity contribution < 1.29 is 28.1 Å². The van der Waals surface area contributed by atoms with Gasteiger partial charge in [-0.1, -0.05) is 0 Å². The number of anilines is 1. The zero-order valence-corrected chi connectivity index (χ0v) is 18.8. The number of halogens is 3. The fourth-order valence-electron chi connectivity index (χ4n) is 3.90. The third-order valence-electron chi connectivity index (χ3n) is 5.50. The van der Waals surface area contributed by atoms with Crippen LogP contribution in [0, 0.1) is 0 Å². The summed E-state index contributed by atoms with van der Waals surface area (Å²) < 4.78 is 48.9. The van der Waals surface area contributed by atoms with Gasteiger partial charge in [0.25, 0.3) is 0 Å². The molecule has 0 aliphatic carbocycles. The second kappa shape index (κ2) is 8.44. The SMILES string of the molecule is CCOc1nc(N2CCNCC2)nc2c1sc1nc(-c3ccc(O)c(O)c3)cc(C(F)(F)F)c12. The van der Waals surface area contributed by atoms with Crippen LogP contribution in [-0.4, -0.2) is 58.0 Å². The maximum Gasteiger partial charge on any atom is 0.417 e. The van der Waals surface area contributed by atoms with Gasteiger partial charge in [0.1, 0.15) is 15.0 Å². The highest BCUT2D eigenvalue weighted by Gasteiger charge is 2.36. The van der Waals surface area contributed by atoms with Gasteiger partial charge in [0.15, 0.2) is 11.5 Å². The number of nitrogens with zero attached hydrogens (tertiary/aromatic N) is 4. The average molecular weight is 491 g/mol. The highest BCUT2D eigenvalue weighted by Crippen LogP contribution is 2.45. The molecule has 12 heteroatoms. The minimum absolute atomic E-state index is 0.00919. The Bertz CT molecular complexity index is 1390. The van der Waals surface area contributed by atoms with Crippen molar-refractivity contribution in [2.75, 3.05) is 37.7 Å². The van der Waals surface area contributed by atoms with Crippen LogP contribution in [0.5, 0.6) is 17.4 Å². The molecule has 0 radical (unpaired) electrons. The van der Waals surface area contributed by atoms with Crippen molar-refractivity contribution in [3.05, 3.63) is 29.8 Å². The van der Waals surface area contributed by atoms with E-state index in [1.165, 1.54) is 18.2 Å². The van der Waals surface area contributed by atoms with Crippen molar-refractivity contribution >= 4 is 37.7 Å². The summed E-state index contributed by atoms with van der Waals surface area (Å²) in [6.45, 7) is 4.75. The monoisotopic (exact) mass is 491 g/mol. The number of aromatic nitrogens is 3. The number of fused-ring (bicyclic) bond motifs is 3. The summed E-state index contributed by atoms with van der Waals surface area (Å²) >= 11 is 1.03. The molecular weight excluding hydrogens is 471 g/mol. The lowest BCUT2D eigenvalue weighted by Crippen LogP contribution is -2.44. The Morgan fingerprint density at radius 3 is 2.53 bits per heavy atom. The Labute approximate surface area is 195 Å². The molecule has 4 heterocycles. The van der Waals surface area contributed by atoms with Gasteiger partial charge in [-0.15, -0.1) is 11.3 Å². The summed E-state index contributed by atoms with van der Waals surface area (Å²) in [5.74, 6) is -0.284. The fourth-order valence-corrected chi connectivity index (χ4v) is 4.98. The smallest absolute Gasteiger partial charge is 0.417 e. The first kappa shape index (κ1) is 22.4. The molecule has 3 aromatic heterocycles. The van der Waals surface area contributed by atoms with Crippen LogP contribution in [0.3, 0.4) is 0 Å². The zero-order valence-electron chi connectivity index (χ0n) is 18.0. The van der Waals surface area contributed by atoms with Gasteiger partial charge < -0.3 is 25.2 Å². The topological polar surface area (TPSA) is 104 Å². The van der Waals surface area contributed by atoms with Gasteiger partial charge in [-0.05, 0) is 31.2 Å². The minimum atomic E-state index is -4.69. The second-order valence-corrected chi connectivity index (χ2v) is 8.71. The Kier molecular flexibility index (Phi) is 5.56. The number of hydrogen-bond acceptors (Lipinski definition) is 9. The van der Waals surface area contributed by atoms with Gasteiger partial charge >= 0.3 is 6.18 Å². The molecule has 1 aliphatic rings. The van der Waals surface area contributed by atoms with E-state index in [2.05, 4.69) is 20.3 Å². The van der Waals surface area contributed by atoms with Crippen LogP contribution in [0.4, 0.5) is 19.1 Å². The van der Waals surface area contributed by atoms with E-state index in [-0.39, 0.29) is 38.6 Å². The molecule has 0 bridgehead atoms. The van der Waals surface area contributed by atoms with E-state index in [9.17, 15) is 23.4 Å². The predicted octanol–water partition coefficient (Wildman–Crippen LogP) is 4.14. The van der Waals surface area contributed by atoms with E-state index in [0.29, 0.717) is 43.4 Å². The van der Waals surface area contributed by atoms with Crippen molar-refractivity contribution in [2.24, 2.45) is 0 Å². The lowest BCUT2D eigenvalue weighted by Gasteiger charge is -2.27. The van der Waals surface area contributed by atoms with E-state index in [0.717, 1.165) is 17.4 Å². The number of rotatable bonds is 4. The molecule has 4 aromatic rings. The summed E-state index contributed by atoms with van der Waals surface area (Å²) in [6.07, 6.45) is -4.69. The summed E-state index contributed by atoms with van der Waals surface area (Å²) in [5, 5.41) is 22.5. The van der Waals surface area contributed by atoms with Crippen LogP contribution in [-0.2, 0) is 6.18 Å². The standard InChI is InChI=1S/C22H20F3N5O3S/c1-2-33-19-18-17(28-21(29-19)30-7-5-26-6-8-30)16-12(22(23,24)25)10-13(27-20(16)34-18)11-3-4-14(31)15(32)9-11/h3-4,9-10,26,31-32H,2,5-8H2,1H3. The molecule has 1 saturated heterocycles. The maximum absolute atomic E-state index is 14.3. The number of hydrogen-bond donors (Lipinski definition) is 3. The predicted molar refractivity (Wildman–Crippen MR) is 123 cm³/mol. The largest absolute Gasteiger partial charge is 0.504 e. The minimum Gasteiger partial charge on any atom is -0.504 e. The Hall–Kier alpha value is -3.38. The zero-order chi connectivity index (χ0) is 24.0. The van der Waals surface area contributed by atoms with E-state index >= 15 is 0 Å². The van der Waals surface area contributed by atoms with Gasteiger partial charge in [-0.3, -0.25) is 0 Å². The molecule has 178 valence electrons. The molecule has 34 heavy (non-hydrogen) atoms. The Morgan fingerprint density at radius 2 is 1.85 bits per heavy atom. The van der Waals surface area contributed by atoms with Crippen molar-refractivity contribution in [1.82, 2.24) is 20.3 Å². The number of thiophene rings is 1. The van der Waals surface area contributed by atoms with Gasteiger partial charge in [0.05, 0.1) is 23.3 Å². The number of aromatic hydroxyl groups is 2. The van der Waals surface area contributed by atoms with Crippen LogP contribution in [0.2, 0.25) is 0 Å². The van der Waals surface area contributed by atoms with Crippen molar-refractivity contribution in [2.45, 2.75) is 13.1 Å². The van der Waals surface area contributed by atoms with Crippen LogP contribution in [0.15, 0.2) is 24.3 Å². The van der Waals surface area contributed by atoms with E-state index in [1.54, 1.807) is 6.92 Å². The third kappa shape index (κ3) is 3.92. The number of piperazine rings is 1. The van der Waals surface area contributed by atoms with Crippen LogP contribution in [0.1, 0.15) is 12.5 Å². The van der Waals surface area contributed by atoms with Gasteiger partial charge in [-0.25, -0.2) is 9.97 Å². The molecule has 0 saturated carbocycles. The maximum atomic E-state index is 14.3. The number of benzene rings is 1. The molecule has 1 fully saturated rings. The molecule has 0 amide bonds. The molecule has 8 nitrogen and oxygen atoms in total. The van der Waals surface area contributed by atoms with Crippen molar-refractivity contribution in [3.63, 3.8) is 0 Å². The number of phenols is 2.